The summed E-state index contributed by atoms with van der Waals surface area (Å²) in [5.74, 6) is 0.0795. The van der Waals surface area contributed by atoms with Crippen LogP contribution in [0, 0.1) is 11.8 Å². The molecule has 1 saturated carbocycles. The molecule has 1 aromatic rings. The van der Waals surface area contributed by atoms with Crippen molar-refractivity contribution in [1.82, 2.24) is 0 Å². The van der Waals surface area contributed by atoms with Crippen LogP contribution in [-0.4, -0.2) is 10.1 Å². The van der Waals surface area contributed by atoms with Crippen molar-refractivity contribution in [2.75, 3.05) is 0 Å². The molecule has 1 nitrogen and oxygen atoms in total. The second-order valence-electron chi connectivity index (χ2n) is 3.98. The van der Waals surface area contributed by atoms with Gasteiger partial charge < -0.3 is 0 Å². The summed E-state index contributed by atoms with van der Waals surface area (Å²) >= 11 is 12.1. The summed E-state index contributed by atoms with van der Waals surface area (Å²) in [4.78, 5) is 11.9. The minimum absolute atomic E-state index is 0.113. The van der Waals surface area contributed by atoms with Crippen molar-refractivity contribution in [1.29, 1.82) is 0 Å². The average Bonchev–Trinajstić information content (AvgIpc) is 2.70. The highest BCUT2D eigenvalue weighted by Crippen LogP contribution is 2.63. The lowest BCUT2D eigenvalue weighted by molar-refractivity contribution is 0.0953. The molecule has 3 rings (SSSR count). The van der Waals surface area contributed by atoms with Gasteiger partial charge in [-0.2, -0.15) is 0 Å². The number of alkyl halides is 2. The van der Waals surface area contributed by atoms with Crippen LogP contribution in [0.1, 0.15) is 15.9 Å². The maximum atomic E-state index is 11.9. The van der Waals surface area contributed by atoms with Gasteiger partial charge in [-0.25, -0.2) is 0 Å². The topological polar surface area (TPSA) is 17.1 Å². The van der Waals surface area contributed by atoms with E-state index in [9.17, 15) is 4.79 Å². The van der Waals surface area contributed by atoms with Crippen LogP contribution < -0.4 is 0 Å². The first-order valence-electron chi connectivity index (χ1n) is 4.62. The molecule has 0 radical (unpaired) electrons. The Labute approximate surface area is 92.0 Å². The summed E-state index contributed by atoms with van der Waals surface area (Å²) in [7, 11) is 0. The second-order valence-corrected chi connectivity index (χ2v) is 5.43. The third-order valence-corrected chi connectivity index (χ3v) is 4.24. The van der Waals surface area contributed by atoms with E-state index in [0.29, 0.717) is 0 Å². The average molecular weight is 227 g/mol. The lowest BCUT2D eigenvalue weighted by Crippen LogP contribution is -2.13. The van der Waals surface area contributed by atoms with Gasteiger partial charge in [-0.15, -0.1) is 23.2 Å². The van der Waals surface area contributed by atoms with Gasteiger partial charge in [-0.3, -0.25) is 4.79 Å². The zero-order valence-electron chi connectivity index (χ0n) is 7.34. The fourth-order valence-electron chi connectivity index (χ4n) is 2.34. The van der Waals surface area contributed by atoms with Crippen molar-refractivity contribution in [3.63, 3.8) is 0 Å². The van der Waals surface area contributed by atoms with E-state index < -0.39 is 4.33 Å². The minimum atomic E-state index is -0.809. The molecule has 14 heavy (non-hydrogen) atoms. The van der Waals surface area contributed by atoms with Crippen molar-refractivity contribution in [2.24, 2.45) is 11.8 Å². The predicted octanol–water partition coefficient (Wildman–Crippen LogP) is 2.85. The molecule has 2 atom stereocenters. The highest BCUT2D eigenvalue weighted by Gasteiger charge is 2.68. The van der Waals surface area contributed by atoms with Crippen LogP contribution in [0.25, 0.3) is 0 Å². The van der Waals surface area contributed by atoms with Crippen molar-refractivity contribution in [3.8, 4) is 0 Å². The molecule has 0 amide bonds. The molecule has 0 bridgehead atoms. The van der Waals surface area contributed by atoms with Crippen molar-refractivity contribution in [3.05, 3.63) is 35.4 Å². The summed E-state index contributed by atoms with van der Waals surface area (Å²) in [6.45, 7) is 0. The highest BCUT2D eigenvalue weighted by atomic mass is 35.5. The van der Waals surface area contributed by atoms with Crippen LogP contribution in [0.3, 0.4) is 0 Å². The fourth-order valence-corrected chi connectivity index (χ4v) is 3.13. The Morgan fingerprint density at radius 1 is 1.29 bits per heavy atom. The summed E-state index contributed by atoms with van der Waals surface area (Å²) in [6.07, 6.45) is 0.833. The second kappa shape index (κ2) is 2.53. The van der Waals surface area contributed by atoms with Gasteiger partial charge in [0.15, 0.2) is 5.78 Å². The Morgan fingerprint density at radius 2 is 2.00 bits per heavy atom. The number of Topliss-reactive ketones (excluding diaryl/α,β-unsaturated/α-hetero) is 1. The van der Waals surface area contributed by atoms with Crippen LogP contribution in [0.2, 0.25) is 0 Å². The molecule has 1 fully saturated rings. The SMILES string of the molecule is O=C1c2ccccc2C[C@H]2[C@@H]1C2(Cl)Cl. The molecule has 72 valence electrons. The molecule has 0 heterocycles. The van der Waals surface area contributed by atoms with E-state index in [0.717, 1.165) is 17.5 Å². The molecule has 3 heteroatoms. The fraction of sp³-hybridized carbons (Fsp3) is 0.364. The van der Waals surface area contributed by atoms with Gasteiger partial charge in [0.25, 0.3) is 0 Å². The van der Waals surface area contributed by atoms with Gasteiger partial charge in [-0.05, 0) is 12.0 Å². The number of benzene rings is 1. The third-order valence-electron chi connectivity index (χ3n) is 3.21. The lowest BCUT2D eigenvalue weighted by atomic mass is 9.91. The van der Waals surface area contributed by atoms with Gasteiger partial charge >= 0.3 is 0 Å². The molecular formula is C11H8Cl2O. The van der Waals surface area contributed by atoms with Crippen LogP contribution in [0.5, 0.6) is 0 Å². The summed E-state index contributed by atoms with van der Waals surface area (Å²) in [6, 6.07) is 7.66. The van der Waals surface area contributed by atoms with E-state index in [1.54, 1.807) is 0 Å². The first-order chi connectivity index (χ1) is 6.62. The molecule has 0 N–H and O–H groups in total. The zero-order valence-corrected chi connectivity index (χ0v) is 8.85. The Balaban J connectivity index is 2.10. The number of rotatable bonds is 0. The van der Waals surface area contributed by atoms with Crippen molar-refractivity contribution in [2.45, 2.75) is 10.8 Å². The number of hydrogen-bond acceptors (Lipinski definition) is 1. The number of halogens is 2. The molecule has 0 aliphatic heterocycles. The molecule has 0 saturated heterocycles. The Morgan fingerprint density at radius 3 is 2.79 bits per heavy atom. The van der Waals surface area contributed by atoms with Crippen LogP contribution in [0.4, 0.5) is 0 Å². The van der Waals surface area contributed by atoms with Crippen LogP contribution >= 0.6 is 23.2 Å². The van der Waals surface area contributed by atoms with Gasteiger partial charge in [0.2, 0.25) is 0 Å². The third kappa shape index (κ3) is 0.945. The standard InChI is InChI=1S/C11H8Cl2O/c12-11(13)8-5-6-3-1-2-4-7(6)10(14)9(8)11/h1-4,8-9H,5H2/t8-,9-/m0/s1. The van der Waals surface area contributed by atoms with Gasteiger partial charge in [0.1, 0.15) is 4.33 Å². The first kappa shape index (κ1) is 8.75. The monoisotopic (exact) mass is 226 g/mol. The normalized spacial score (nSPS) is 32.0. The molecule has 0 unspecified atom stereocenters. The van der Waals surface area contributed by atoms with Crippen molar-refractivity contribution >= 4 is 29.0 Å². The molecule has 2 aliphatic rings. The first-order valence-corrected chi connectivity index (χ1v) is 5.38. The summed E-state index contributed by atoms with van der Waals surface area (Å²) in [5.41, 5.74) is 1.89. The minimum Gasteiger partial charge on any atom is -0.294 e. The smallest absolute Gasteiger partial charge is 0.169 e. The zero-order chi connectivity index (χ0) is 9.92. The molecule has 1 aromatic carbocycles. The largest absolute Gasteiger partial charge is 0.294 e. The number of hydrogen-bond donors (Lipinski definition) is 0. The van der Waals surface area contributed by atoms with E-state index in [-0.39, 0.29) is 17.6 Å². The molecule has 0 spiro atoms. The Kier molecular flexibility index (Phi) is 1.58. The lowest BCUT2D eigenvalue weighted by Gasteiger charge is -2.11. The maximum Gasteiger partial charge on any atom is 0.169 e. The van der Waals surface area contributed by atoms with E-state index in [1.165, 1.54) is 0 Å². The number of fused-ring (bicyclic) bond motifs is 2. The number of carbonyl (C=O) groups excluding carboxylic acids is 1. The Hall–Kier alpha value is -0.530. The highest BCUT2D eigenvalue weighted by molar-refractivity contribution is 6.53. The van der Waals surface area contributed by atoms with Crippen LogP contribution in [-0.2, 0) is 6.42 Å². The van der Waals surface area contributed by atoms with E-state index in [1.807, 2.05) is 24.3 Å². The molecule has 2 aliphatic carbocycles. The number of ketones is 1. The van der Waals surface area contributed by atoms with Crippen LogP contribution in [0.15, 0.2) is 24.3 Å². The predicted molar refractivity (Wildman–Crippen MR) is 55.9 cm³/mol. The van der Waals surface area contributed by atoms with E-state index >= 15 is 0 Å². The van der Waals surface area contributed by atoms with E-state index in [4.69, 9.17) is 23.2 Å². The Bertz CT molecular complexity index is 425. The summed E-state index contributed by atoms with van der Waals surface area (Å²) in [5, 5.41) is 0. The van der Waals surface area contributed by atoms with Gasteiger partial charge in [0.05, 0.1) is 5.92 Å². The summed E-state index contributed by atoms with van der Waals surface area (Å²) < 4.78 is -0.809. The van der Waals surface area contributed by atoms with Crippen molar-refractivity contribution < 1.29 is 4.79 Å². The molecular weight excluding hydrogens is 219 g/mol. The maximum absolute atomic E-state index is 11.9. The quantitative estimate of drug-likeness (QED) is 0.623. The van der Waals surface area contributed by atoms with E-state index in [2.05, 4.69) is 0 Å². The van der Waals surface area contributed by atoms with Gasteiger partial charge in [-0.1, -0.05) is 24.3 Å². The number of carbonyl (C=O) groups is 1. The van der Waals surface area contributed by atoms with Gasteiger partial charge in [0, 0.05) is 11.5 Å². The molecule has 0 aromatic heterocycles.